The van der Waals surface area contributed by atoms with Crippen LogP contribution in [0.25, 0.3) is 0 Å². The first-order valence-corrected chi connectivity index (χ1v) is 8.03. The Morgan fingerprint density at radius 3 is 3.14 bits per heavy atom. The van der Waals surface area contributed by atoms with Gasteiger partial charge < -0.3 is 5.32 Å². The van der Waals surface area contributed by atoms with E-state index in [4.69, 9.17) is 0 Å². The van der Waals surface area contributed by atoms with E-state index in [1.54, 1.807) is 6.33 Å². The predicted octanol–water partition coefficient (Wildman–Crippen LogP) is 2.90. The van der Waals surface area contributed by atoms with Crippen LogP contribution < -0.4 is 5.32 Å². The van der Waals surface area contributed by atoms with Crippen LogP contribution in [0.15, 0.2) is 30.6 Å². The Hall–Kier alpha value is -1.68. The lowest BCUT2D eigenvalue weighted by Gasteiger charge is -2.25. The molecule has 1 atom stereocenters. The first-order chi connectivity index (χ1) is 10.4. The van der Waals surface area contributed by atoms with E-state index in [-0.39, 0.29) is 0 Å². The van der Waals surface area contributed by atoms with Gasteiger partial charge in [0.05, 0.1) is 6.54 Å². The second-order valence-electron chi connectivity index (χ2n) is 5.82. The van der Waals surface area contributed by atoms with Crippen LogP contribution in [0.5, 0.6) is 0 Å². The second kappa shape index (κ2) is 6.85. The topological polar surface area (TPSA) is 42.7 Å². The fraction of sp³-hybridized carbons (Fsp3) is 0.529. The van der Waals surface area contributed by atoms with Gasteiger partial charge in [0.1, 0.15) is 12.2 Å². The maximum atomic E-state index is 4.43. The van der Waals surface area contributed by atoms with Gasteiger partial charge in [0.2, 0.25) is 0 Å². The van der Waals surface area contributed by atoms with Crippen molar-refractivity contribution in [3.05, 3.63) is 47.5 Å². The number of fused-ring (bicyclic) bond motifs is 1. The molecule has 0 saturated carbocycles. The van der Waals surface area contributed by atoms with Crippen LogP contribution in [0.4, 0.5) is 0 Å². The molecule has 1 aromatic carbocycles. The number of aryl methyl sites for hydroxylation is 1. The van der Waals surface area contributed by atoms with Crippen LogP contribution in [0.2, 0.25) is 0 Å². The van der Waals surface area contributed by atoms with E-state index in [0.717, 1.165) is 31.9 Å². The minimum Gasteiger partial charge on any atom is -0.310 e. The van der Waals surface area contributed by atoms with Gasteiger partial charge in [0.15, 0.2) is 0 Å². The molecular formula is C17H24N4. The molecule has 0 amide bonds. The molecule has 1 aromatic heterocycles. The zero-order valence-corrected chi connectivity index (χ0v) is 12.8. The lowest BCUT2D eigenvalue weighted by molar-refractivity contribution is 0.440. The number of benzene rings is 1. The summed E-state index contributed by atoms with van der Waals surface area (Å²) in [5.41, 5.74) is 3.02. The van der Waals surface area contributed by atoms with Crippen LogP contribution in [-0.4, -0.2) is 21.3 Å². The third kappa shape index (κ3) is 3.32. The first-order valence-electron chi connectivity index (χ1n) is 8.03. The predicted molar refractivity (Wildman–Crippen MR) is 84.1 cm³/mol. The highest BCUT2D eigenvalue weighted by Gasteiger charge is 2.21. The Morgan fingerprint density at radius 1 is 1.33 bits per heavy atom. The molecule has 1 unspecified atom stereocenters. The number of aromatic nitrogens is 3. The number of hydrogen-bond acceptors (Lipinski definition) is 3. The Bertz CT molecular complexity index is 576. The Morgan fingerprint density at radius 2 is 2.24 bits per heavy atom. The highest BCUT2D eigenvalue weighted by molar-refractivity contribution is 5.32. The van der Waals surface area contributed by atoms with Crippen molar-refractivity contribution >= 4 is 0 Å². The quantitative estimate of drug-likeness (QED) is 0.829. The molecule has 1 N–H and O–H groups in total. The van der Waals surface area contributed by atoms with E-state index in [9.17, 15) is 0 Å². The van der Waals surface area contributed by atoms with Gasteiger partial charge in [0.25, 0.3) is 0 Å². The Balaban J connectivity index is 1.72. The maximum absolute atomic E-state index is 4.43. The number of nitrogens with zero attached hydrogens (tertiary/aromatic N) is 3. The van der Waals surface area contributed by atoms with Crippen molar-refractivity contribution in [3.63, 3.8) is 0 Å². The summed E-state index contributed by atoms with van der Waals surface area (Å²) in [5, 5.41) is 7.84. The van der Waals surface area contributed by atoms with E-state index >= 15 is 0 Å². The molecule has 0 radical (unpaired) electrons. The molecule has 1 aliphatic carbocycles. The Kier molecular flexibility index (Phi) is 4.65. The van der Waals surface area contributed by atoms with Gasteiger partial charge in [-0.1, -0.05) is 31.2 Å². The normalized spacial score (nSPS) is 17.7. The van der Waals surface area contributed by atoms with Crippen LogP contribution in [0.3, 0.4) is 0 Å². The molecule has 0 bridgehead atoms. The summed E-state index contributed by atoms with van der Waals surface area (Å²) in [7, 11) is 0. The molecule has 4 nitrogen and oxygen atoms in total. The molecule has 1 aliphatic rings. The lowest BCUT2D eigenvalue weighted by atomic mass is 9.83. The van der Waals surface area contributed by atoms with Gasteiger partial charge in [0, 0.05) is 12.5 Å². The standard InChI is InChI=1S/C17H24N4/c1-2-10-18-11-17-19-13-20-21(17)12-15-8-5-7-14-6-3-4-9-16(14)15/h3-4,6,9,13,15,18H,2,5,7-8,10-12H2,1H3. The van der Waals surface area contributed by atoms with Gasteiger partial charge in [-0.15, -0.1) is 0 Å². The van der Waals surface area contributed by atoms with Gasteiger partial charge in [-0.3, -0.25) is 0 Å². The largest absolute Gasteiger partial charge is 0.310 e. The number of rotatable bonds is 6. The maximum Gasteiger partial charge on any atom is 0.140 e. The molecule has 4 heteroatoms. The average molecular weight is 284 g/mol. The summed E-state index contributed by atoms with van der Waals surface area (Å²) in [5.74, 6) is 1.62. The monoisotopic (exact) mass is 284 g/mol. The summed E-state index contributed by atoms with van der Waals surface area (Å²) in [6, 6.07) is 8.86. The molecule has 0 saturated heterocycles. The zero-order chi connectivity index (χ0) is 14.5. The van der Waals surface area contributed by atoms with Crippen molar-refractivity contribution in [2.45, 2.75) is 51.6 Å². The van der Waals surface area contributed by atoms with Crippen molar-refractivity contribution in [1.82, 2.24) is 20.1 Å². The third-order valence-electron chi connectivity index (χ3n) is 4.29. The van der Waals surface area contributed by atoms with Crippen molar-refractivity contribution < 1.29 is 0 Å². The van der Waals surface area contributed by atoms with Crippen LogP contribution >= 0.6 is 0 Å². The van der Waals surface area contributed by atoms with E-state index in [1.165, 1.54) is 30.4 Å². The molecule has 0 fully saturated rings. The van der Waals surface area contributed by atoms with E-state index < -0.39 is 0 Å². The summed E-state index contributed by atoms with van der Waals surface area (Å²) in [6.45, 7) is 4.96. The highest BCUT2D eigenvalue weighted by Crippen LogP contribution is 2.32. The summed E-state index contributed by atoms with van der Waals surface area (Å²) in [6.07, 6.45) is 6.56. The minimum atomic E-state index is 0.571. The van der Waals surface area contributed by atoms with Gasteiger partial charge in [-0.2, -0.15) is 5.10 Å². The van der Waals surface area contributed by atoms with E-state index in [2.05, 4.69) is 51.3 Å². The fourth-order valence-corrected chi connectivity index (χ4v) is 3.21. The van der Waals surface area contributed by atoms with E-state index in [0.29, 0.717) is 5.92 Å². The van der Waals surface area contributed by atoms with Gasteiger partial charge in [-0.25, -0.2) is 9.67 Å². The average Bonchev–Trinajstić information content (AvgIpc) is 2.95. The molecule has 0 aliphatic heterocycles. The Labute approximate surface area is 126 Å². The number of hydrogen-bond donors (Lipinski definition) is 1. The molecule has 0 spiro atoms. The molecule has 3 rings (SSSR count). The summed E-state index contributed by atoms with van der Waals surface area (Å²) in [4.78, 5) is 4.40. The summed E-state index contributed by atoms with van der Waals surface area (Å²) < 4.78 is 2.08. The van der Waals surface area contributed by atoms with E-state index in [1.807, 2.05) is 0 Å². The molecule has 2 aromatic rings. The van der Waals surface area contributed by atoms with Crippen molar-refractivity contribution in [2.75, 3.05) is 6.54 Å². The number of nitrogens with one attached hydrogen (secondary N) is 1. The zero-order valence-electron chi connectivity index (χ0n) is 12.8. The molecule has 1 heterocycles. The molecular weight excluding hydrogens is 260 g/mol. The second-order valence-corrected chi connectivity index (χ2v) is 5.82. The van der Waals surface area contributed by atoms with Crippen LogP contribution in [0.1, 0.15) is 49.1 Å². The molecule has 112 valence electrons. The summed E-state index contributed by atoms with van der Waals surface area (Å²) >= 11 is 0. The fourth-order valence-electron chi connectivity index (χ4n) is 3.21. The van der Waals surface area contributed by atoms with Crippen molar-refractivity contribution in [3.8, 4) is 0 Å². The highest BCUT2D eigenvalue weighted by atomic mass is 15.3. The van der Waals surface area contributed by atoms with Crippen molar-refractivity contribution in [1.29, 1.82) is 0 Å². The van der Waals surface area contributed by atoms with Crippen molar-refractivity contribution in [2.24, 2.45) is 0 Å². The van der Waals surface area contributed by atoms with Gasteiger partial charge in [-0.05, 0) is 43.4 Å². The van der Waals surface area contributed by atoms with Crippen LogP contribution in [-0.2, 0) is 19.5 Å². The minimum absolute atomic E-state index is 0.571. The first kappa shape index (κ1) is 14.3. The van der Waals surface area contributed by atoms with Gasteiger partial charge >= 0.3 is 0 Å². The lowest BCUT2D eigenvalue weighted by Crippen LogP contribution is -2.21. The van der Waals surface area contributed by atoms with Crippen LogP contribution in [0, 0.1) is 0 Å². The SMILES string of the molecule is CCCNCc1ncnn1CC1CCCc2ccccc21. The molecule has 21 heavy (non-hydrogen) atoms. The third-order valence-corrected chi connectivity index (χ3v) is 4.29. The smallest absolute Gasteiger partial charge is 0.140 e.